The zero-order chi connectivity index (χ0) is 40.5. The summed E-state index contributed by atoms with van der Waals surface area (Å²) in [6.45, 7) is 0. The molecule has 0 spiro atoms. The summed E-state index contributed by atoms with van der Waals surface area (Å²) in [5.41, 5.74) is 15.3. The van der Waals surface area contributed by atoms with E-state index >= 15 is 0 Å². The molecule has 11 rings (SSSR count). The number of hydrogen-bond acceptors (Lipinski definition) is 4. The average Bonchev–Trinajstić information content (AvgIpc) is 3.74. The lowest BCUT2D eigenvalue weighted by Crippen LogP contribution is -2.01. The van der Waals surface area contributed by atoms with Crippen LogP contribution in [0.25, 0.3) is 110 Å². The summed E-state index contributed by atoms with van der Waals surface area (Å²) in [6, 6.07) is 79.1. The molecule has 3 aromatic heterocycles. The summed E-state index contributed by atoms with van der Waals surface area (Å²) >= 11 is 1.82. The molecule has 8 aromatic carbocycles. The van der Waals surface area contributed by atoms with Crippen molar-refractivity contribution in [3.63, 3.8) is 0 Å². The second-order valence-electron chi connectivity index (χ2n) is 15.1. The normalized spacial score (nSPS) is 11.3. The molecule has 11 aromatic rings. The fourth-order valence-corrected chi connectivity index (χ4v) is 9.71. The summed E-state index contributed by atoms with van der Waals surface area (Å²) < 4.78 is 2.49. The molecule has 0 aliphatic heterocycles. The van der Waals surface area contributed by atoms with Crippen LogP contribution in [0.3, 0.4) is 0 Å². The number of hydrogen-bond donors (Lipinski definition) is 0. The largest absolute Gasteiger partial charge is 0.246 e. The van der Waals surface area contributed by atoms with Crippen LogP contribution in [0.1, 0.15) is 0 Å². The minimum Gasteiger partial charge on any atom is -0.246 e. The lowest BCUT2D eigenvalue weighted by Gasteiger charge is -2.23. The second kappa shape index (κ2) is 15.8. The van der Waals surface area contributed by atoms with Crippen molar-refractivity contribution in [2.24, 2.45) is 0 Å². The molecule has 0 unspecified atom stereocenters. The van der Waals surface area contributed by atoms with Crippen molar-refractivity contribution in [1.82, 2.24) is 15.0 Å². The van der Waals surface area contributed by atoms with E-state index in [9.17, 15) is 0 Å². The van der Waals surface area contributed by atoms with Crippen LogP contribution in [0.2, 0.25) is 0 Å². The van der Waals surface area contributed by atoms with Crippen LogP contribution >= 0.6 is 11.3 Å². The smallest absolute Gasteiger partial charge is 0.160 e. The third-order valence-corrected chi connectivity index (χ3v) is 12.5. The minimum absolute atomic E-state index is 0.688. The van der Waals surface area contributed by atoms with Crippen LogP contribution in [-0.2, 0) is 0 Å². The highest BCUT2D eigenvalue weighted by atomic mass is 32.1. The second-order valence-corrected chi connectivity index (χ2v) is 16.1. The third kappa shape index (κ3) is 6.79. The van der Waals surface area contributed by atoms with Crippen LogP contribution in [0.5, 0.6) is 0 Å². The van der Waals surface area contributed by atoms with Crippen molar-refractivity contribution in [3.05, 3.63) is 224 Å². The molecule has 3 heterocycles. The Morgan fingerprint density at radius 3 is 1.36 bits per heavy atom. The van der Waals surface area contributed by atoms with Gasteiger partial charge in [0.15, 0.2) is 5.82 Å². The molecule has 61 heavy (non-hydrogen) atoms. The monoisotopic (exact) mass is 795 g/mol. The van der Waals surface area contributed by atoms with E-state index < -0.39 is 0 Å². The Hall–Kier alpha value is -7.79. The Kier molecular flexibility index (Phi) is 9.38. The molecule has 0 aliphatic rings. The van der Waals surface area contributed by atoms with Gasteiger partial charge in [0, 0.05) is 64.7 Å². The van der Waals surface area contributed by atoms with Gasteiger partial charge < -0.3 is 0 Å². The highest BCUT2D eigenvalue weighted by Crippen LogP contribution is 2.49. The van der Waals surface area contributed by atoms with Crippen LogP contribution in [-0.4, -0.2) is 15.0 Å². The van der Waals surface area contributed by atoms with E-state index in [0.29, 0.717) is 5.82 Å². The van der Waals surface area contributed by atoms with Crippen LogP contribution in [0.15, 0.2) is 224 Å². The SMILES string of the molecule is c1ccc(-c2nc(-c3cccc(-c4c(-c5ccccc5)c(-c5ccccc5)nc(-c5ccccc5)c4-c4ccccc4)c3)cc(-c3cccc4c3sc3ccccc34)n2)cc1. The fraction of sp³-hybridized carbons (Fsp3) is 0. The first-order valence-electron chi connectivity index (χ1n) is 20.5. The van der Waals surface area contributed by atoms with Gasteiger partial charge in [-0.25, -0.2) is 15.0 Å². The van der Waals surface area contributed by atoms with Crippen molar-refractivity contribution in [2.75, 3.05) is 0 Å². The maximum atomic E-state index is 5.64. The topological polar surface area (TPSA) is 38.7 Å². The lowest BCUT2D eigenvalue weighted by atomic mass is 9.83. The number of rotatable bonds is 8. The van der Waals surface area contributed by atoms with E-state index in [1.807, 2.05) is 29.5 Å². The van der Waals surface area contributed by atoms with Gasteiger partial charge in [0.25, 0.3) is 0 Å². The van der Waals surface area contributed by atoms with E-state index in [2.05, 4.69) is 206 Å². The molecule has 0 radical (unpaired) electrons. The van der Waals surface area contributed by atoms with E-state index in [0.717, 1.165) is 84.0 Å². The first-order chi connectivity index (χ1) is 30.3. The van der Waals surface area contributed by atoms with Gasteiger partial charge >= 0.3 is 0 Å². The summed E-state index contributed by atoms with van der Waals surface area (Å²) in [5.74, 6) is 0.688. The molecule has 0 fully saturated rings. The van der Waals surface area contributed by atoms with Crippen molar-refractivity contribution in [2.45, 2.75) is 0 Å². The van der Waals surface area contributed by atoms with Gasteiger partial charge in [0.05, 0.1) is 22.8 Å². The standard InChI is InChI=1S/C57H37N3S/c1-6-20-38(21-7-1)52-51(53(39-22-8-2-9-23-39)55(41-26-12-4-13-27-41)60-54(52)40-24-10-3-11-25-40)44-31-18-30-43(36-44)48-37-49(59-57(58-48)42-28-14-5-15-29-42)47-34-19-33-46-45-32-16-17-35-50(45)61-56(46)47/h1-37H. The first-order valence-corrected chi connectivity index (χ1v) is 21.3. The van der Waals surface area contributed by atoms with Gasteiger partial charge in [-0.3, -0.25) is 0 Å². The molecule has 0 bridgehead atoms. The quantitative estimate of drug-likeness (QED) is 0.154. The maximum absolute atomic E-state index is 5.64. The van der Waals surface area contributed by atoms with Gasteiger partial charge in [-0.15, -0.1) is 11.3 Å². The minimum atomic E-state index is 0.688. The van der Waals surface area contributed by atoms with Gasteiger partial charge in [-0.2, -0.15) is 0 Å². The van der Waals surface area contributed by atoms with Crippen molar-refractivity contribution in [3.8, 4) is 89.8 Å². The molecule has 0 saturated heterocycles. The molecule has 0 aliphatic carbocycles. The van der Waals surface area contributed by atoms with E-state index in [1.165, 1.54) is 20.2 Å². The molecular weight excluding hydrogens is 759 g/mol. The zero-order valence-electron chi connectivity index (χ0n) is 33.1. The predicted molar refractivity (Wildman–Crippen MR) is 256 cm³/mol. The van der Waals surface area contributed by atoms with Crippen molar-refractivity contribution in [1.29, 1.82) is 0 Å². The number of aromatic nitrogens is 3. The molecule has 0 amide bonds. The van der Waals surface area contributed by atoms with Crippen molar-refractivity contribution >= 4 is 31.5 Å². The zero-order valence-corrected chi connectivity index (χ0v) is 33.9. The highest BCUT2D eigenvalue weighted by molar-refractivity contribution is 7.26. The van der Waals surface area contributed by atoms with E-state index in [4.69, 9.17) is 15.0 Å². The van der Waals surface area contributed by atoms with Crippen LogP contribution in [0, 0.1) is 0 Å². The summed E-state index contributed by atoms with van der Waals surface area (Å²) in [5, 5.41) is 2.50. The number of nitrogens with zero attached hydrogens (tertiary/aromatic N) is 3. The maximum Gasteiger partial charge on any atom is 0.160 e. The van der Waals surface area contributed by atoms with Crippen molar-refractivity contribution < 1.29 is 0 Å². The number of fused-ring (bicyclic) bond motifs is 3. The Morgan fingerprint density at radius 2 is 0.754 bits per heavy atom. The molecule has 4 heteroatoms. The van der Waals surface area contributed by atoms with Crippen LogP contribution in [0.4, 0.5) is 0 Å². The van der Waals surface area contributed by atoms with Gasteiger partial charge in [0.2, 0.25) is 0 Å². The first kappa shape index (κ1) is 36.3. The Balaban J connectivity index is 1.20. The molecule has 3 nitrogen and oxygen atoms in total. The van der Waals surface area contributed by atoms with E-state index in [1.54, 1.807) is 0 Å². The Morgan fingerprint density at radius 1 is 0.295 bits per heavy atom. The highest BCUT2D eigenvalue weighted by Gasteiger charge is 2.26. The van der Waals surface area contributed by atoms with Gasteiger partial charge in [-0.05, 0) is 34.9 Å². The Bertz CT molecular complexity index is 3230. The van der Waals surface area contributed by atoms with Gasteiger partial charge in [-0.1, -0.05) is 206 Å². The summed E-state index contributed by atoms with van der Waals surface area (Å²) in [7, 11) is 0. The molecule has 0 saturated carbocycles. The molecule has 0 N–H and O–H groups in total. The van der Waals surface area contributed by atoms with Gasteiger partial charge in [0.1, 0.15) is 0 Å². The summed E-state index contributed by atoms with van der Waals surface area (Å²) in [4.78, 5) is 16.3. The number of benzene rings is 8. The van der Waals surface area contributed by atoms with E-state index in [-0.39, 0.29) is 0 Å². The lowest BCUT2D eigenvalue weighted by molar-refractivity contribution is 1.19. The third-order valence-electron chi connectivity index (χ3n) is 11.3. The number of pyridine rings is 1. The molecule has 286 valence electrons. The fourth-order valence-electron chi connectivity index (χ4n) is 8.49. The number of thiophene rings is 1. The predicted octanol–water partition coefficient (Wildman–Crippen LogP) is 15.6. The van der Waals surface area contributed by atoms with Crippen LogP contribution < -0.4 is 0 Å². The average molecular weight is 796 g/mol. The molecular formula is C57H37N3S. The molecule has 0 atom stereocenters. The Labute approximate surface area is 359 Å². The summed E-state index contributed by atoms with van der Waals surface area (Å²) in [6.07, 6.45) is 0.